The Morgan fingerprint density at radius 1 is 0.897 bits per heavy atom. The molecule has 0 unspecified atom stereocenters. The van der Waals surface area contributed by atoms with Gasteiger partial charge in [-0.05, 0) is 44.5 Å². The average Bonchev–Trinajstić information content (AvgIpc) is 2.88. The van der Waals surface area contributed by atoms with Gasteiger partial charge in [-0.1, -0.05) is 81.4 Å². The van der Waals surface area contributed by atoms with Crippen molar-refractivity contribution in [1.82, 2.24) is 4.90 Å². The number of likely N-dealkylation sites (N-methyl/N-ethyl adjacent to an activating group) is 1. The quantitative estimate of drug-likeness (QED) is 0.381. The largest absolute Gasteiger partial charge is 0.640 e. The van der Waals surface area contributed by atoms with E-state index in [2.05, 4.69) is 85.2 Å². The molecule has 4 rings (SSSR count). The second-order valence-corrected chi connectivity index (χ2v) is 16.3. The van der Waals surface area contributed by atoms with Crippen LogP contribution in [0.4, 0.5) is 0 Å². The van der Waals surface area contributed by atoms with Gasteiger partial charge in [0.1, 0.15) is 11.5 Å². The van der Waals surface area contributed by atoms with E-state index < -0.39 is 27.1 Å². The summed E-state index contributed by atoms with van der Waals surface area (Å²) in [5.41, 5.74) is 0.423. The van der Waals surface area contributed by atoms with E-state index in [4.69, 9.17) is 18.8 Å². The van der Waals surface area contributed by atoms with Crippen LogP contribution in [-0.2, 0) is 18.9 Å². The summed E-state index contributed by atoms with van der Waals surface area (Å²) in [7, 11) is -0.627. The summed E-state index contributed by atoms with van der Waals surface area (Å²) in [5, 5.41) is 2.33. The molecule has 0 spiro atoms. The van der Waals surface area contributed by atoms with Crippen molar-refractivity contribution in [2.75, 3.05) is 33.5 Å². The Kier molecular flexibility index (Phi) is 8.88. The molecule has 0 radical (unpaired) electrons. The van der Waals surface area contributed by atoms with E-state index in [1.165, 1.54) is 10.4 Å². The molecule has 0 saturated carbocycles. The fourth-order valence-corrected chi connectivity index (χ4v) is 10.3. The van der Waals surface area contributed by atoms with Gasteiger partial charge in [-0.25, -0.2) is 0 Å². The minimum atomic E-state index is -2.60. The zero-order chi connectivity index (χ0) is 28.2. The van der Waals surface area contributed by atoms with Crippen LogP contribution in [-0.4, -0.2) is 65.5 Å². The first-order valence-electron chi connectivity index (χ1n) is 12.7. The minimum Gasteiger partial charge on any atom is -0.496 e. The van der Waals surface area contributed by atoms with Gasteiger partial charge >= 0.3 is 19.1 Å². The lowest BCUT2D eigenvalue weighted by Gasteiger charge is -2.43. The van der Waals surface area contributed by atoms with Crippen molar-refractivity contribution in [2.45, 2.75) is 25.8 Å². The Labute approximate surface area is 239 Å². The molecule has 0 aliphatic carbocycles. The lowest BCUT2D eigenvalue weighted by Crippen LogP contribution is -2.68. The fraction of sp³-hybridized carbons (Fsp3) is 0.310. The van der Waals surface area contributed by atoms with Crippen LogP contribution in [0.3, 0.4) is 0 Å². The Morgan fingerprint density at radius 2 is 1.41 bits per heavy atom. The van der Waals surface area contributed by atoms with Crippen molar-refractivity contribution >= 4 is 58.9 Å². The van der Waals surface area contributed by atoms with Gasteiger partial charge in [-0.15, -0.1) is 0 Å². The van der Waals surface area contributed by atoms with E-state index in [-0.39, 0.29) is 18.1 Å². The van der Waals surface area contributed by atoms with Crippen LogP contribution in [0.15, 0.2) is 77.3 Å². The van der Waals surface area contributed by atoms with E-state index in [1.807, 2.05) is 12.1 Å². The number of rotatable bonds is 7. The molecule has 1 aliphatic heterocycles. The molecule has 0 atom stereocenters. The van der Waals surface area contributed by atoms with E-state index in [0.717, 1.165) is 0 Å². The Bertz CT molecular complexity index is 1260. The maximum Gasteiger partial charge on any atom is 0.640 e. The van der Waals surface area contributed by atoms with Crippen molar-refractivity contribution in [3.8, 4) is 11.5 Å². The molecule has 0 bridgehead atoms. The van der Waals surface area contributed by atoms with Gasteiger partial charge in [0.15, 0.2) is 8.07 Å². The number of nitrogens with zero attached hydrogens (tertiary/aromatic N) is 1. The predicted octanol–water partition coefficient (Wildman–Crippen LogP) is 3.17. The highest BCUT2D eigenvalue weighted by Gasteiger charge is 2.49. The van der Waals surface area contributed by atoms with E-state index in [9.17, 15) is 9.59 Å². The lowest BCUT2D eigenvalue weighted by atomic mass is 9.77. The Hall–Kier alpha value is -3.08. The smallest absolute Gasteiger partial charge is 0.496 e. The molecule has 0 amide bonds. The highest BCUT2D eigenvalue weighted by Crippen LogP contribution is 2.37. The van der Waals surface area contributed by atoms with Gasteiger partial charge in [-0.2, -0.15) is 0 Å². The normalized spacial score (nSPS) is 15.2. The number of carbonyl (C=O) groups excluding carboxylic acids is 2. The molecule has 204 valence electrons. The molecule has 1 heterocycles. The van der Waals surface area contributed by atoms with E-state index in [1.54, 1.807) is 31.2 Å². The number of hydrogen-bond acceptors (Lipinski definition) is 7. The summed E-state index contributed by atoms with van der Waals surface area (Å²) in [6.07, 6.45) is 0.389. The highest BCUT2D eigenvalue weighted by molar-refractivity contribution is 9.10. The summed E-state index contributed by atoms with van der Waals surface area (Å²) in [6, 6.07) is 24.4. The molecule has 1 fully saturated rings. The summed E-state index contributed by atoms with van der Waals surface area (Å²) < 4.78 is 24.1. The topological polar surface area (TPSA) is 74.3 Å². The van der Waals surface area contributed by atoms with Crippen molar-refractivity contribution < 1.29 is 28.4 Å². The molecule has 3 aromatic rings. The first-order valence-corrected chi connectivity index (χ1v) is 15.7. The molecule has 10 heteroatoms. The zero-order valence-electron chi connectivity index (χ0n) is 22.9. The van der Waals surface area contributed by atoms with Crippen LogP contribution in [0, 0.1) is 0 Å². The molecule has 3 aromatic carbocycles. The molecular weight excluding hydrogens is 577 g/mol. The summed E-state index contributed by atoms with van der Waals surface area (Å²) in [5.74, 6) is -0.0401. The molecule has 39 heavy (non-hydrogen) atoms. The SMILES string of the molecule is COc1cc(OC[Si](c2ccccc2)(c2ccccc2)C(C)(C)C)c(B2OC(=O)CN(C)CC(=O)O2)cc1Br. The number of carbonyl (C=O) groups is 2. The van der Waals surface area contributed by atoms with Crippen LogP contribution in [0.1, 0.15) is 20.8 Å². The van der Waals surface area contributed by atoms with Crippen LogP contribution < -0.4 is 25.3 Å². The molecule has 0 aromatic heterocycles. The highest BCUT2D eigenvalue weighted by atomic mass is 79.9. The number of halogens is 1. The molecule has 0 N–H and O–H groups in total. The third-order valence-electron chi connectivity index (χ3n) is 7.07. The van der Waals surface area contributed by atoms with Gasteiger partial charge in [-0.3, -0.25) is 14.5 Å². The van der Waals surface area contributed by atoms with E-state index >= 15 is 0 Å². The number of ether oxygens (including phenoxy) is 2. The third-order valence-corrected chi connectivity index (χ3v) is 13.5. The number of hydrogen-bond donors (Lipinski definition) is 0. The summed E-state index contributed by atoms with van der Waals surface area (Å²) in [4.78, 5) is 26.6. The molecular formula is C29H33BBrNO6Si. The van der Waals surface area contributed by atoms with Crippen LogP contribution >= 0.6 is 15.9 Å². The van der Waals surface area contributed by atoms with Crippen molar-refractivity contribution in [3.63, 3.8) is 0 Å². The molecule has 1 aliphatic rings. The monoisotopic (exact) mass is 609 g/mol. The Morgan fingerprint density at radius 3 is 1.87 bits per heavy atom. The van der Waals surface area contributed by atoms with Crippen LogP contribution in [0.25, 0.3) is 0 Å². The second-order valence-electron chi connectivity index (χ2n) is 10.7. The summed E-state index contributed by atoms with van der Waals surface area (Å²) >= 11 is 3.52. The van der Waals surface area contributed by atoms with Gasteiger partial charge in [0.05, 0.1) is 36.4 Å². The zero-order valence-corrected chi connectivity index (χ0v) is 25.5. The second kappa shape index (κ2) is 12.0. The minimum absolute atomic E-state index is 0.0266. The number of methoxy groups -OCH3 is 1. The van der Waals surface area contributed by atoms with Gasteiger partial charge < -0.3 is 18.8 Å². The van der Waals surface area contributed by atoms with Gasteiger partial charge in [0.2, 0.25) is 0 Å². The Balaban J connectivity index is 1.82. The first kappa shape index (κ1) is 28.9. The van der Waals surface area contributed by atoms with Gasteiger partial charge in [0.25, 0.3) is 0 Å². The fourth-order valence-electron chi connectivity index (χ4n) is 5.02. The van der Waals surface area contributed by atoms with Crippen LogP contribution in [0.5, 0.6) is 11.5 Å². The third kappa shape index (κ3) is 6.23. The van der Waals surface area contributed by atoms with Crippen LogP contribution in [0.2, 0.25) is 5.04 Å². The van der Waals surface area contributed by atoms with Crippen molar-refractivity contribution in [1.29, 1.82) is 0 Å². The lowest BCUT2D eigenvalue weighted by molar-refractivity contribution is -0.145. The maximum atomic E-state index is 12.5. The number of benzene rings is 3. The first-order chi connectivity index (χ1) is 18.5. The van der Waals surface area contributed by atoms with Crippen molar-refractivity contribution in [3.05, 3.63) is 77.3 Å². The van der Waals surface area contributed by atoms with E-state index in [0.29, 0.717) is 27.7 Å². The summed E-state index contributed by atoms with van der Waals surface area (Å²) in [6.45, 7) is 6.70. The predicted molar refractivity (Wildman–Crippen MR) is 159 cm³/mol. The van der Waals surface area contributed by atoms with Gasteiger partial charge in [0, 0.05) is 6.07 Å². The maximum absolute atomic E-state index is 12.5. The average molecular weight is 610 g/mol. The molecule has 7 nitrogen and oxygen atoms in total. The van der Waals surface area contributed by atoms with Crippen molar-refractivity contribution in [2.24, 2.45) is 0 Å². The molecule has 1 saturated heterocycles. The standard InChI is InChI=1S/C29H33BBrNO6Si/c1-29(2,3)39(21-12-8-6-9-13-21,22-14-10-7-11-15-22)20-36-25-17-26(35-5)24(31)16-23(25)30-37-27(33)18-32(4)19-28(34)38-30/h6-17H,18-20H2,1-5H3.